The highest BCUT2D eigenvalue weighted by atomic mass is 16.5. The van der Waals surface area contributed by atoms with E-state index in [0.29, 0.717) is 12.5 Å². The van der Waals surface area contributed by atoms with Gasteiger partial charge in [0.1, 0.15) is 18.3 Å². The van der Waals surface area contributed by atoms with Crippen molar-refractivity contribution < 1.29 is 4.74 Å². The standard InChI is InChI=1S/C15H11N5O/c1-2-10-6-20-12(9(1)5-17-10)7-21-15-13-11(3-4-16-15)18-8-19-14(13)20/h1-4,6,8,17H,5,7H2. The van der Waals surface area contributed by atoms with Gasteiger partial charge in [0, 0.05) is 18.9 Å². The molecule has 0 radical (unpaired) electrons. The van der Waals surface area contributed by atoms with Gasteiger partial charge >= 0.3 is 0 Å². The van der Waals surface area contributed by atoms with Gasteiger partial charge in [0.05, 0.1) is 16.9 Å². The molecular formula is C15H11N5O. The Labute approximate surface area is 120 Å². The van der Waals surface area contributed by atoms with Gasteiger partial charge in [-0.3, -0.25) is 4.90 Å². The third kappa shape index (κ3) is 1.44. The fourth-order valence-corrected chi connectivity index (χ4v) is 2.91. The fourth-order valence-electron chi connectivity index (χ4n) is 2.91. The van der Waals surface area contributed by atoms with E-state index in [0.717, 1.165) is 34.7 Å². The Balaban J connectivity index is 1.87. The summed E-state index contributed by atoms with van der Waals surface area (Å²) in [5.74, 6) is 1.41. The number of aromatic nitrogens is 3. The monoisotopic (exact) mass is 277 g/mol. The molecule has 0 unspecified atom stereocenters. The molecule has 6 rings (SSSR count). The number of fused-ring (bicyclic) bond motifs is 1. The lowest BCUT2D eigenvalue weighted by Gasteiger charge is -2.20. The van der Waals surface area contributed by atoms with Crippen molar-refractivity contribution in [3.05, 3.63) is 53.9 Å². The zero-order valence-electron chi connectivity index (χ0n) is 11.1. The van der Waals surface area contributed by atoms with Crippen molar-refractivity contribution in [3.63, 3.8) is 0 Å². The summed E-state index contributed by atoms with van der Waals surface area (Å²) in [4.78, 5) is 15.2. The lowest BCUT2D eigenvalue weighted by atomic mass is 10.1. The first kappa shape index (κ1) is 10.8. The van der Waals surface area contributed by atoms with Crippen LogP contribution in [0.2, 0.25) is 0 Å². The van der Waals surface area contributed by atoms with E-state index < -0.39 is 0 Å². The summed E-state index contributed by atoms with van der Waals surface area (Å²) in [5, 5.41) is 4.23. The van der Waals surface area contributed by atoms with Crippen molar-refractivity contribution in [2.45, 2.75) is 0 Å². The molecule has 0 fully saturated rings. The molecule has 0 spiro atoms. The van der Waals surface area contributed by atoms with Crippen LogP contribution in [0.3, 0.4) is 0 Å². The summed E-state index contributed by atoms with van der Waals surface area (Å²) in [6.45, 7) is 1.27. The number of ether oxygens (including phenoxy) is 1. The Morgan fingerprint density at radius 2 is 2.19 bits per heavy atom. The predicted molar refractivity (Wildman–Crippen MR) is 77.6 cm³/mol. The maximum Gasteiger partial charge on any atom is 0.227 e. The Hall–Kier alpha value is -2.89. The summed E-state index contributed by atoms with van der Waals surface area (Å²) in [6.07, 6.45) is 9.56. The molecular weight excluding hydrogens is 266 g/mol. The van der Waals surface area contributed by atoms with Crippen LogP contribution < -0.4 is 15.0 Å². The minimum Gasteiger partial charge on any atom is -0.471 e. The molecule has 0 amide bonds. The van der Waals surface area contributed by atoms with Crippen LogP contribution in [0, 0.1) is 0 Å². The molecule has 0 aromatic carbocycles. The number of hydrogen-bond donors (Lipinski definition) is 1. The predicted octanol–water partition coefficient (Wildman–Crippen LogP) is 1.49. The van der Waals surface area contributed by atoms with Gasteiger partial charge in [-0.2, -0.15) is 0 Å². The van der Waals surface area contributed by atoms with Crippen molar-refractivity contribution in [2.75, 3.05) is 18.1 Å². The normalized spacial score (nSPS) is 18.7. The molecule has 0 saturated carbocycles. The molecule has 102 valence electrons. The zero-order valence-corrected chi connectivity index (χ0v) is 11.1. The Kier molecular flexibility index (Phi) is 1.97. The molecule has 2 aromatic rings. The van der Waals surface area contributed by atoms with E-state index in [4.69, 9.17) is 4.74 Å². The van der Waals surface area contributed by atoms with E-state index in [2.05, 4.69) is 43.5 Å². The summed E-state index contributed by atoms with van der Waals surface area (Å²) >= 11 is 0. The van der Waals surface area contributed by atoms with Crippen LogP contribution >= 0.6 is 0 Å². The second kappa shape index (κ2) is 3.82. The summed E-state index contributed by atoms with van der Waals surface area (Å²) in [5.41, 5.74) is 4.19. The van der Waals surface area contributed by atoms with Crippen LogP contribution in [0.15, 0.2) is 53.9 Å². The van der Waals surface area contributed by atoms with E-state index in [1.165, 1.54) is 5.57 Å². The van der Waals surface area contributed by atoms with E-state index in [9.17, 15) is 0 Å². The number of nitrogens with one attached hydrogen (secondary N) is 1. The highest BCUT2D eigenvalue weighted by molar-refractivity contribution is 5.95. The third-order valence-corrected chi connectivity index (χ3v) is 3.95. The van der Waals surface area contributed by atoms with Crippen molar-refractivity contribution >= 4 is 16.7 Å². The fraction of sp³-hybridized carbons (Fsp3) is 0.133. The maximum absolute atomic E-state index is 5.91. The first-order valence-corrected chi connectivity index (χ1v) is 6.78. The molecule has 0 atom stereocenters. The number of allylic oxidation sites excluding steroid dienone is 1. The molecule has 2 bridgehead atoms. The van der Waals surface area contributed by atoms with Crippen LogP contribution in [-0.4, -0.2) is 28.1 Å². The molecule has 4 aliphatic rings. The third-order valence-electron chi connectivity index (χ3n) is 3.95. The number of hydrogen-bond acceptors (Lipinski definition) is 6. The minimum atomic E-state index is 0.466. The first-order chi connectivity index (χ1) is 10.4. The molecule has 2 aromatic heterocycles. The van der Waals surface area contributed by atoms with Crippen molar-refractivity contribution in [3.8, 4) is 5.88 Å². The average molecular weight is 277 g/mol. The second-order valence-corrected chi connectivity index (χ2v) is 5.11. The highest BCUT2D eigenvalue weighted by Gasteiger charge is 2.28. The molecule has 1 N–H and O–H groups in total. The van der Waals surface area contributed by atoms with Crippen LogP contribution in [0.25, 0.3) is 10.9 Å². The molecule has 0 aliphatic carbocycles. The summed E-state index contributed by atoms with van der Waals surface area (Å²) in [7, 11) is 0. The Morgan fingerprint density at radius 3 is 3.10 bits per heavy atom. The van der Waals surface area contributed by atoms with Gasteiger partial charge in [-0.1, -0.05) is 6.08 Å². The van der Waals surface area contributed by atoms with Crippen LogP contribution in [0.1, 0.15) is 0 Å². The molecule has 6 heteroatoms. The molecule has 4 aliphatic heterocycles. The van der Waals surface area contributed by atoms with Crippen LogP contribution in [0.4, 0.5) is 5.82 Å². The lowest BCUT2D eigenvalue weighted by molar-refractivity contribution is 0.342. The van der Waals surface area contributed by atoms with E-state index >= 15 is 0 Å². The van der Waals surface area contributed by atoms with Gasteiger partial charge in [-0.05, 0) is 17.7 Å². The molecule has 6 nitrogen and oxygen atoms in total. The van der Waals surface area contributed by atoms with Gasteiger partial charge in [0.15, 0.2) is 5.82 Å². The topological polar surface area (TPSA) is 63.2 Å². The smallest absolute Gasteiger partial charge is 0.227 e. The van der Waals surface area contributed by atoms with Gasteiger partial charge in [0.25, 0.3) is 0 Å². The van der Waals surface area contributed by atoms with Gasteiger partial charge in [-0.25, -0.2) is 15.0 Å². The summed E-state index contributed by atoms with van der Waals surface area (Å²) in [6, 6.07) is 1.88. The number of rotatable bonds is 0. The largest absolute Gasteiger partial charge is 0.471 e. The molecule has 21 heavy (non-hydrogen) atoms. The van der Waals surface area contributed by atoms with E-state index in [1.54, 1.807) is 12.5 Å². The first-order valence-electron chi connectivity index (χ1n) is 6.78. The number of nitrogens with zero attached hydrogens (tertiary/aromatic N) is 4. The van der Waals surface area contributed by atoms with Gasteiger partial charge in [-0.15, -0.1) is 0 Å². The van der Waals surface area contributed by atoms with Gasteiger partial charge in [0.2, 0.25) is 5.88 Å². The van der Waals surface area contributed by atoms with Crippen LogP contribution in [0.5, 0.6) is 5.88 Å². The second-order valence-electron chi connectivity index (χ2n) is 5.11. The molecule has 0 saturated heterocycles. The van der Waals surface area contributed by atoms with E-state index in [-0.39, 0.29) is 0 Å². The van der Waals surface area contributed by atoms with Crippen molar-refractivity contribution in [1.82, 2.24) is 20.3 Å². The Morgan fingerprint density at radius 1 is 1.19 bits per heavy atom. The van der Waals surface area contributed by atoms with Crippen LogP contribution in [-0.2, 0) is 0 Å². The molecule has 6 heterocycles. The van der Waals surface area contributed by atoms with Crippen molar-refractivity contribution in [1.29, 1.82) is 0 Å². The van der Waals surface area contributed by atoms with E-state index in [1.807, 2.05) is 6.07 Å². The van der Waals surface area contributed by atoms with Gasteiger partial charge < -0.3 is 10.1 Å². The lowest BCUT2D eigenvalue weighted by Crippen LogP contribution is -2.21. The Bertz CT molecular complexity index is 862. The quantitative estimate of drug-likeness (QED) is 0.787. The SMILES string of the molecule is C1=CC2=C3COc4nccc5ncnc(c45)N3C=C1NC2. The average Bonchev–Trinajstić information content (AvgIpc) is 2.88. The zero-order chi connectivity index (χ0) is 13.8. The number of anilines is 1. The number of pyridine rings is 1. The maximum atomic E-state index is 5.91. The minimum absolute atomic E-state index is 0.466. The van der Waals surface area contributed by atoms with Crippen molar-refractivity contribution in [2.24, 2.45) is 0 Å². The summed E-state index contributed by atoms with van der Waals surface area (Å²) < 4.78 is 5.91. The highest BCUT2D eigenvalue weighted by Crippen LogP contribution is 2.37.